The van der Waals surface area contributed by atoms with E-state index in [-0.39, 0.29) is 22.6 Å². The Morgan fingerprint density at radius 1 is 1.15 bits per heavy atom. The summed E-state index contributed by atoms with van der Waals surface area (Å²) in [4.78, 5) is 22.5. The van der Waals surface area contributed by atoms with Gasteiger partial charge in [0.25, 0.3) is 5.91 Å². The van der Waals surface area contributed by atoms with Crippen LogP contribution in [0, 0.1) is 10.1 Å². The van der Waals surface area contributed by atoms with Crippen molar-refractivity contribution in [2.24, 2.45) is 5.10 Å². The predicted molar refractivity (Wildman–Crippen MR) is 95.9 cm³/mol. The minimum atomic E-state index is -0.754. The van der Waals surface area contributed by atoms with Crippen LogP contribution in [0.5, 0.6) is 23.0 Å². The Balaban J connectivity index is 2.24. The summed E-state index contributed by atoms with van der Waals surface area (Å²) in [5.74, 6) is -0.227. The SMILES string of the molecule is COc1ccc(C(=O)N/N=C/c2cc(OC)cc([N+](=O)[O-])c2O)c(OC)c1. The molecule has 0 aliphatic heterocycles. The molecule has 0 saturated carbocycles. The Labute approximate surface area is 154 Å². The number of nitro benzene ring substituents is 1. The fourth-order valence-electron chi connectivity index (χ4n) is 2.18. The van der Waals surface area contributed by atoms with Gasteiger partial charge in [-0.3, -0.25) is 14.9 Å². The number of nitrogens with zero attached hydrogens (tertiary/aromatic N) is 2. The number of aromatic hydroxyl groups is 1. The van der Waals surface area contributed by atoms with Crippen molar-refractivity contribution in [1.29, 1.82) is 0 Å². The quantitative estimate of drug-likeness (QED) is 0.430. The van der Waals surface area contributed by atoms with Crippen LogP contribution < -0.4 is 19.6 Å². The second kappa shape index (κ2) is 8.52. The van der Waals surface area contributed by atoms with E-state index >= 15 is 0 Å². The minimum absolute atomic E-state index is 0.00282. The molecule has 2 N–H and O–H groups in total. The first-order valence-electron chi connectivity index (χ1n) is 7.52. The fraction of sp³-hybridized carbons (Fsp3) is 0.176. The highest BCUT2D eigenvalue weighted by molar-refractivity contribution is 5.98. The van der Waals surface area contributed by atoms with Gasteiger partial charge in [-0.15, -0.1) is 0 Å². The van der Waals surface area contributed by atoms with E-state index in [1.807, 2.05) is 0 Å². The maximum absolute atomic E-state index is 12.3. The van der Waals surface area contributed by atoms with Gasteiger partial charge in [0, 0.05) is 11.6 Å². The van der Waals surface area contributed by atoms with E-state index in [1.54, 1.807) is 6.07 Å². The molecule has 0 unspecified atom stereocenters. The van der Waals surface area contributed by atoms with Gasteiger partial charge in [0.2, 0.25) is 5.75 Å². The van der Waals surface area contributed by atoms with Crippen LogP contribution in [0.15, 0.2) is 35.4 Å². The third-order valence-corrected chi connectivity index (χ3v) is 3.55. The third-order valence-electron chi connectivity index (χ3n) is 3.55. The largest absolute Gasteiger partial charge is 0.502 e. The van der Waals surface area contributed by atoms with Crippen LogP contribution in [0.2, 0.25) is 0 Å². The molecule has 0 aliphatic rings. The first-order chi connectivity index (χ1) is 12.9. The van der Waals surface area contributed by atoms with Gasteiger partial charge in [0.1, 0.15) is 17.2 Å². The number of phenolic OH excluding ortho intramolecular Hbond substituents is 1. The van der Waals surface area contributed by atoms with Crippen LogP contribution in [0.1, 0.15) is 15.9 Å². The maximum atomic E-state index is 12.3. The van der Waals surface area contributed by atoms with Gasteiger partial charge in [-0.25, -0.2) is 5.43 Å². The highest BCUT2D eigenvalue weighted by Gasteiger charge is 2.19. The number of phenols is 1. The molecule has 2 aromatic rings. The number of amides is 1. The third kappa shape index (κ3) is 4.42. The summed E-state index contributed by atoms with van der Waals surface area (Å²) in [5.41, 5.74) is 1.93. The van der Waals surface area contributed by atoms with E-state index in [2.05, 4.69) is 10.5 Å². The van der Waals surface area contributed by atoms with Crippen molar-refractivity contribution < 1.29 is 29.0 Å². The number of carbonyl (C=O) groups is 1. The molecule has 0 spiro atoms. The molecule has 0 fully saturated rings. The molecule has 0 radical (unpaired) electrons. The van der Waals surface area contributed by atoms with Gasteiger partial charge in [-0.2, -0.15) is 5.10 Å². The van der Waals surface area contributed by atoms with E-state index in [9.17, 15) is 20.0 Å². The normalized spacial score (nSPS) is 10.5. The van der Waals surface area contributed by atoms with Crippen molar-refractivity contribution in [3.63, 3.8) is 0 Å². The predicted octanol–water partition coefficient (Wildman–Crippen LogP) is 2.09. The van der Waals surface area contributed by atoms with Crippen LogP contribution in [0.3, 0.4) is 0 Å². The minimum Gasteiger partial charge on any atom is -0.502 e. The Hall–Kier alpha value is -3.82. The lowest BCUT2D eigenvalue weighted by Crippen LogP contribution is -2.18. The van der Waals surface area contributed by atoms with Crippen LogP contribution in [0.4, 0.5) is 5.69 Å². The van der Waals surface area contributed by atoms with Crippen LogP contribution in [-0.2, 0) is 0 Å². The van der Waals surface area contributed by atoms with E-state index in [0.717, 1.165) is 12.3 Å². The number of nitro groups is 1. The zero-order chi connectivity index (χ0) is 20.0. The molecule has 0 heterocycles. The zero-order valence-electron chi connectivity index (χ0n) is 14.8. The van der Waals surface area contributed by atoms with Crippen molar-refractivity contribution >= 4 is 17.8 Å². The number of hydrogen-bond donors (Lipinski definition) is 2. The summed E-state index contributed by atoms with van der Waals surface area (Å²) in [6.45, 7) is 0. The number of carbonyl (C=O) groups excluding carboxylic acids is 1. The molecule has 27 heavy (non-hydrogen) atoms. The second-order valence-corrected chi connectivity index (χ2v) is 5.11. The molecule has 2 aromatic carbocycles. The number of hydrazone groups is 1. The number of methoxy groups -OCH3 is 3. The molecule has 2 rings (SSSR count). The van der Waals surface area contributed by atoms with E-state index in [4.69, 9.17) is 14.2 Å². The van der Waals surface area contributed by atoms with E-state index in [1.165, 1.54) is 39.5 Å². The monoisotopic (exact) mass is 375 g/mol. The second-order valence-electron chi connectivity index (χ2n) is 5.11. The number of nitrogens with one attached hydrogen (secondary N) is 1. The summed E-state index contributed by atoms with van der Waals surface area (Å²) in [7, 11) is 4.22. The van der Waals surface area contributed by atoms with Gasteiger partial charge in [-0.1, -0.05) is 0 Å². The smallest absolute Gasteiger partial charge is 0.315 e. The van der Waals surface area contributed by atoms with Crippen LogP contribution >= 0.6 is 0 Å². The Morgan fingerprint density at radius 3 is 2.44 bits per heavy atom. The first kappa shape index (κ1) is 19.5. The summed E-state index contributed by atoms with van der Waals surface area (Å²) in [5, 5.41) is 24.7. The molecule has 10 heteroatoms. The van der Waals surface area contributed by atoms with Gasteiger partial charge < -0.3 is 19.3 Å². The average molecular weight is 375 g/mol. The number of ether oxygens (including phenoxy) is 3. The Bertz CT molecular complexity index is 896. The van der Waals surface area contributed by atoms with Crippen molar-refractivity contribution in [3.8, 4) is 23.0 Å². The standard InChI is InChI=1S/C17H17N3O7/c1-25-11-4-5-13(15(8-11)27-3)17(22)19-18-9-10-6-12(26-2)7-14(16(10)21)20(23)24/h4-9,21H,1-3H3,(H,19,22)/b18-9+. The Kier molecular flexibility index (Phi) is 6.15. The summed E-state index contributed by atoms with van der Waals surface area (Å²) in [6.07, 6.45) is 1.07. The molecular weight excluding hydrogens is 358 g/mol. The van der Waals surface area contributed by atoms with E-state index in [0.29, 0.717) is 5.75 Å². The average Bonchev–Trinajstić information content (AvgIpc) is 2.68. The van der Waals surface area contributed by atoms with Gasteiger partial charge >= 0.3 is 5.69 Å². The summed E-state index contributed by atoms with van der Waals surface area (Å²) >= 11 is 0. The number of hydrogen-bond acceptors (Lipinski definition) is 8. The lowest BCUT2D eigenvalue weighted by molar-refractivity contribution is -0.385. The molecule has 10 nitrogen and oxygen atoms in total. The zero-order valence-corrected chi connectivity index (χ0v) is 14.8. The lowest BCUT2D eigenvalue weighted by Gasteiger charge is -2.09. The maximum Gasteiger partial charge on any atom is 0.315 e. The van der Waals surface area contributed by atoms with Gasteiger partial charge in [0.05, 0.1) is 44.1 Å². The molecule has 0 aliphatic carbocycles. The Morgan fingerprint density at radius 2 is 1.85 bits per heavy atom. The molecule has 1 amide bonds. The van der Waals surface area contributed by atoms with Crippen molar-refractivity contribution in [2.75, 3.05) is 21.3 Å². The van der Waals surface area contributed by atoms with Crippen molar-refractivity contribution in [3.05, 3.63) is 51.6 Å². The lowest BCUT2D eigenvalue weighted by atomic mass is 10.1. The number of benzene rings is 2. The topological polar surface area (TPSA) is 133 Å². The van der Waals surface area contributed by atoms with Crippen LogP contribution in [0.25, 0.3) is 0 Å². The highest BCUT2D eigenvalue weighted by atomic mass is 16.6. The molecule has 0 bridgehead atoms. The molecule has 0 atom stereocenters. The van der Waals surface area contributed by atoms with Crippen LogP contribution in [-0.4, -0.2) is 43.5 Å². The summed E-state index contributed by atoms with van der Waals surface area (Å²) in [6, 6.07) is 7.03. The van der Waals surface area contributed by atoms with E-state index < -0.39 is 22.3 Å². The first-order valence-corrected chi connectivity index (χ1v) is 7.52. The fourth-order valence-corrected chi connectivity index (χ4v) is 2.18. The molecule has 0 aromatic heterocycles. The van der Waals surface area contributed by atoms with Gasteiger partial charge in [-0.05, 0) is 18.2 Å². The van der Waals surface area contributed by atoms with Crippen molar-refractivity contribution in [1.82, 2.24) is 5.43 Å². The molecule has 0 saturated heterocycles. The highest BCUT2D eigenvalue weighted by Crippen LogP contribution is 2.33. The summed E-state index contributed by atoms with van der Waals surface area (Å²) < 4.78 is 15.2. The van der Waals surface area contributed by atoms with Gasteiger partial charge in [0.15, 0.2) is 0 Å². The molecular formula is C17H17N3O7. The number of rotatable bonds is 7. The van der Waals surface area contributed by atoms with Crippen molar-refractivity contribution in [2.45, 2.75) is 0 Å². The molecule has 142 valence electrons.